The van der Waals surface area contributed by atoms with Crippen molar-refractivity contribution in [2.45, 2.75) is 24.7 Å². The average molecular weight is 892 g/mol. The highest BCUT2D eigenvalue weighted by Crippen LogP contribution is 2.63. The van der Waals surface area contributed by atoms with E-state index < -0.39 is 5.41 Å². The van der Waals surface area contributed by atoms with E-state index in [0.29, 0.717) is 0 Å². The number of anilines is 3. The van der Waals surface area contributed by atoms with Crippen LogP contribution in [0.25, 0.3) is 88.3 Å². The van der Waals surface area contributed by atoms with Crippen molar-refractivity contribution in [1.82, 2.24) is 0 Å². The molecule has 0 radical (unpaired) electrons. The molecule has 0 amide bonds. The predicted octanol–water partition coefficient (Wildman–Crippen LogP) is 18.2. The lowest BCUT2D eigenvalue weighted by Crippen LogP contribution is -2.25. The van der Waals surface area contributed by atoms with E-state index in [4.69, 9.17) is 4.42 Å². The maximum atomic E-state index is 6.65. The molecule has 11 aromatic carbocycles. The lowest BCUT2D eigenvalue weighted by atomic mass is 9.70. The summed E-state index contributed by atoms with van der Waals surface area (Å²) < 4.78 is 6.65. The van der Waals surface area contributed by atoms with E-state index in [9.17, 15) is 0 Å². The Kier molecular flexibility index (Phi) is 8.08. The van der Waals surface area contributed by atoms with Crippen molar-refractivity contribution < 1.29 is 4.42 Å². The molecule has 3 aliphatic carbocycles. The molecular weight excluding hydrogens is 847 g/mol. The van der Waals surface area contributed by atoms with Crippen LogP contribution in [0.15, 0.2) is 241 Å². The van der Waals surface area contributed by atoms with Crippen molar-refractivity contribution in [2.75, 3.05) is 4.90 Å². The van der Waals surface area contributed by atoms with Crippen LogP contribution in [0.1, 0.15) is 47.2 Å². The standard InChI is InChI=1S/C68H45NO/c1-67(2)56-26-10-8-23-53(56)64-52(25-15-30-61(64)67)51-22-9-14-31-62(51)69(44-36-33-43(34-37-44)46-24-16-32-63-65(46)54-39-35-42-17-3-4-18-47(42)66(54)70-63)45-38-40-60-55(41-45)50-21-7-13-29-59(50)68(60)57-27-11-5-19-48(57)49-20-6-12-28-58(49)68/h3-41H,1-2H3. The smallest absolute Gasteiger partial charge is 0.143 e. The summed E-state index contributed by atoms with van der Waals surface area (Å²) in [4.78, 5) is 2.49. The Hall–Kier alpha value is -8.72. The van der Waals surface area contributed by atoms with Crippen LogP contribution in [0.4, 0.5) is 17.1 Å². The number of furan rings is 1. The Bertz CT molecular complexity index is 4120. The molecule has 1 heterocycles. The fourth-order valence-electron chi connectivity index (χ4n) is 13.1. The number of rotatable bonds is 5. The van der Waals surface area contributed by atoms with E-state index in [1.807, 2.05) is 0 Å². The summed E-state index contributed by atoms with van der Waals surface area (Å²) in [5.41, 5.74) is 25.2. The molecule has 3 aliphatic rings. The Balaban J connectivity index is 0.952. The van der Waals surface area contributed by atoms with E-state index in [-0.39, 0.29) is 5.41 Å². The van der Waals surface area contributed by atoms with E-state index in [1.54, 1.807) is 0 Å². The van der Waals surface area contributed by atoms with Gasteiger partial charge in [-0.05, 0) is 131 Å². The van der Waals surface area contributed by atoms with E-state index >= 15 is 0 Å². The Morgan fingerprint density at radius 3 is 1.64 bits per heavy atom. The number of hydrogen-bond acceptors (Lipinski definition) is 2. The van der Waals surface area contributed by atoms with Crippen molar-refractivity contribution in [3.8, 4) is 55.6 Å². The summed E-state index contributed by atoms with van der Waals surface area (Å²) >= 11 is 0. The summed E-state index contributed by atoms with van der Waals surface area (Å²) in [7, 11) is 0. The minimum absolute atomic E-state index is 0.122. The summed E-state index contributed by atoms with van der Waals surface area (Å²) in [6.07, 6.45) is 0. The summed E-state index contributed by atoms with van der Waals surface area (Å²) in [6.45, 7) is 4.74. The maximum absolute atomic E-state index is 6.65. The Morgan fingerprint density at radius 2 is 0.900 bits per heavy atom. The zero-order valence-electron chi connectivity index (χ0n) is 38.9. The lowest BCUT2D eigenvalue weighted by Gasteiger charge is -2.32. The first-order chi connectivity index (χ1) is 34.5. The Labute approximate surface area is 407 Å². The van der Waals surface area contributed by atoms with E-state index in [0.717, 1.165) is 55.5 Å². The number of hydrogen-bond donors (Lipinski definition) is 0. The maximum Gasteiger partial charge on any atom is 0.143 e. The molecule has 0 atom stereocenters. The highest BCUT2D eigenvalue weighted by atomic mass is 16.3. The number of fused-ring (bicyclic) bond motifs is 18. The van der Waals surface area contributed by atoms with Crippen molar-refractivity contribution in [2.24, 2.45) is 0 Å². The van der Waals surface area contributed by atoms with Gasteiger partial charge in [0.15, 0.2) is 0 Å². The lowest BCUT2D eigenvalue weighted by molar-refractivity contribution is 0.660. The van der Waals surface area contributed by atoms with Gasteiger partial charge in [0.2, 0.25) is 0 Å². The molecule has 0 aliphatic heterocycles. The van der Waals surface area contributed by atoms with Crippen LogP contribution >= 0.6 is 0 Å². The van der Waals surface area contributed by atoms with Gasteiger partial charge in [0.05, 0.1) is 11.1 Å². The molecule has 0 fully saturated rings. The molecule has 0 bridgehead atoms. The average Bonchev–Trinajstić information content (AvgIpc) is 4.12. The van der Waals surface area contributed by atoms with Crippen LogP contribution in [0.5, 0.6) is 0 Å². The second kappa shape index (κ2) is 14.4. The first-order valence-electron chi connectivity index (χ1n) is 24.5. The molecule has 328 valence electrons. The van der Waals surface area contributed by atoms with Gasteiger partial charge in [0, 0.05) is 38.5 Å². The zero-order valence-corrected chi connectivity index (χ0v) is 38.9. The first-order valence-corrected chi connectivity index (χ1v) is 24.5. The van der Waals surface area contributed by atoms with Crippen molar-refractivity contribution >= 4 is 49.8 Å². The highest BCUT2D eigenvalue weighted by molar-refractivity contribution is 6.19. The predicted molar refractivity (Wildman–Crippen MR) is 291 cm³/mol. The molecule has 0 N–H and O–H groups in total. The number of nitrogens with zero attached hydrogens (tertiary/aromatic N) is 1. The topological polar surface area (TPSA) is 16.4 Å². The summed E-state index contributed by atoms with van der Waals surface area (Å²) in [6, 6.07) is 88.0. The summed E-state index contributed by atoms with van der Waals surface area (Å²) in [5.74, 6) is 0. The zero-order chi connectivity index (χ0) is 46.3. The molecule has 0 saturated heterocycles. The fourth-order valence-corrected chi connectivity index (χ4v) is 13.1. The summed E-state index contributed by atoms with van der Waals surface area (Å²) in [5, 5.41) is 4.58. The van der Waals surface area contributed by atoms with E-state index in [1.165, 1.54) is 83.3 Å². The molecule has 0 saturated carbocycles. The quantitative estimate of drug-likeness (QED) is 0.171. The molecule has 1 aromatic heterocycles. The van der Waals surface area contributed by atoms with Gasteiger partial charge in [-0.25, -0.2) is 0 Å². The van der Waals surface area contributed by atoms with Crippen LogP contribution < -0.4 is 4.90 Å². The van der Waals surface area contributed by atoms with Crippen LogP contribution in [0.3, 0.4) is 0 Å². The van der Waals surface area contributed by atoms with Gasteiger partial charge >= 0.3 is 0 Å². The molecule has 12 aromatic rings. The van der Waals surface area contributed by atoms with Crippen LogP contribution in [-0.2, 0) is 10.8 Å². The van der Waals surface area contributed by atoms with Crippen molar-refractivity contribution in [3.05, 3.63) is 270 Å². The van der Waals surface area contributed by atoms with Gasteiger partial charge < -0.3 is 9.32 Å². The fraction of sp³-hybridized carbons (Fsp3) is 0.0588. The third kappa shape index (κ3) is 5.17. The normalized spacial score (nSPS) is 14.1. The third-order valence-corrected chi connectivity index (χ3v) is 16.1. The van der Waals surface area contributed by atoms with Crippen LogP contribution in [0, 0.1) is 0 Å². The highest BCUT2D eigenvalue weighted by Gasteiger charge is 2.51. The minimum Gasteiger partial charge on any atom is -0.455 e. The van der Waals surface area contributed by atoms with E-state index in [2.05, 4.69) is 255 Å². The second-order valence-corrected chi connectivity index (χ2v) is 19.9. The first kappa shape index (κ1) is 39.3. The molecule has 1 spiro atoms. The molecular formula is C68H45NO. The van der Waals surface area contributed by atoms with Gasteiger partial charge in [-0.15, -0.1) is 0 Å². The van der Waals surface area contributed by atoms with Gasteiger partial charge in [0.1, 0.15) is 11.2 Å². The number of benzene rings is 11. The van der Waals surface area contributed by atoms with Gasteiger partial charge in [0.25, 0.3) is 0 Å². The SMILES string of the molecule is CC1(C)c2ccccc2-c2c(-c3ccccc3N(c3ccc(-c4cccc5oc6c7ccccc7ccc6c45)cc3)c3ccc4c(c3)-c3ccccc3C43c4ccccc4-c4ccccc43)cccc21. The van der Waals surface area contributed by atoms with Gasteiger partial charge in [-0.3, -0.25) is 0 Å². The molecule has 15 rings (SSSR count). The molecule has 70 heavy (non-hydrogen) atoms. The van der Waals surface area contributed by atoms with Gasteiger partial charge in [-0.2, -0.15) is 0 Å². The number of para-hydroxylation sites is 1. The monoisotopic (exact) mass is 891 g/mol. The molecule has 0 unspecified atom stereocenters. The second-order valence-electron chi connectivity index (χ2n) is 19.9. The van der Waals surface area contributed by atoms with Crippen LogP contribution in [0.2, 0.25) is 0 Å². The minimum atomic E-state index is -0.419. The van der Waals surface area contributed by atoms with Crippen LogP contribution in [-0.4, -0.2) is 0 Å². The molecule has 2 heteroatoms. The Morgan fingerprint density at radius 1 is 0.357 bits per heavy atom. The van der Waals surface area contributed by atoms with Crippen molar-refractivity contribution in [3.63, 3.8) is 0 Å². The van der Waals surface area contributed by atoms with Gasteiger partial charge in [-0.1, -0.05) is 208 Å². The third-order valence-electron chi connectivity index (χ3n) is 16.1. The van der Waals surface area contributed by atoms with Crippen molar-refractivity contribution in [1.29, 1.82) is 0 Å². The largest absolute Gasteiger partial charge is 0.455 e. The molecule has 2 nitrogen and oxygen atoms in total.